The van der Waals surface area contributed by atoms with Crippen LogP contribution in [0.4, 0.5) is 18.9 Å². The molecule has 0 spiro atoms. The highest BCUT2D eigenvalue weighted by Crippen LogP contribution is 2.37. The van der Waals surface area contributed by atoms with Gasteiger partial charge in [-0.15, -0.1) is 0 Å². The van der Waals surface area contributed by atoms with E-state index in [1.807, 2.05) is 48.5 Å². The van der Waals surface area contributed by atoms with Gasteiger partial charge in [0.15, 0.2) is 5.75 Å². The molecule has 0 radical (unpaired) electrons. The van der Waals surface area contributed by atoms with E-state index in [0.29, 0.717) is 17.2 Å². The van der Waals surface area contributed by atoms with E-state index in [2.05, 4.69) is 25.2 Å². The minimum atomic E-state index is -4.75. The molecule has 42 heavy (non-hydrogen) atoms. The fourth-order valence-electron chi connectivity index (χ4n) is 3.78. The van der Waals surface area contributed by atoms with Crippen LogP contribution in [0.15, 0.2) is 79.1 Å². The molecule has 0 amide bonds. The van der Waals surface area contributed by atoms with Gasteiger partial charge in [0.25, 0.3) is 5.69 Å². The summed E-state index contributed by atoms with van der Waals surface area (Å²) in [5.41, 5.74) is 0.877. The first-order valence-electron chi connectivity index (χ1n) is 11.7. The summed E-state index contributed by atoms with van der Waals surface area (Å²) in [6.07, 6.45) is -1.52. The summed E-state index contributed by atoms with van der Waals surface area (Å²) in [5, 5.41) is 12.0. The van der Waals surface area contributed by atoms with E-state index in [9.17, 15) is 32.9 Å². The number of hydrogen-bond donors (Lipinski definition) is 3. The summed E-state index contributed by atoms with van der Waals surface area (Å²) in [5.74, 6) is 8.94. The Bertz CT molecular complexity index is 1730. The van der Waals surface area contributed by atoms with Crippen LogP contribution in [0.25, 0.3) is 21.8 Å². The largest absolute Gasteiger partial charge is 0.465 e. The molecule has 3 aromatic carbocycles. The van der Waals surface area contributed by atoms with Crippen LogP contribution < -0.4 is 16.6 Å². The van der Waals surface area contributed by atoms with Crippen LogP contribution in [0.1, 0.15) is 26.3 Å². The zero-order valence-electron chi connectivity index (χ0n) is 22.0. The van der Waals surface area contributed by atoms with Crippen molar-refractivity contribution in [1.29, 1.82) is 0 Å². The van der Waals surface area contributed by atoms with Crippen LogP contribution in [-0.4, -0.2) is 40.7 Å². The second kappa shape index (κ2) is 13.2. The summed E-state index contributed by atoms with van der Waals surface area (Å²) in [6.45, 7) is 0. The molecule has 2 aromatic heterocycles. The smallest absolute Gasteiger partial charge is 0.420 e. The topological polar surface area (TPSA) is 178 Å². The molecule has 15 heteroatoms. The van der Waals surface area contributed by atoms with Gasteiger partial charge in [-0.25, -0.2) is 9.59 Å². The van der Waals surface area contributed by atoms with Crippen LogP contribution >= 0.6 is 0 Å². The van der Waals surface area contributed by atoms with Gasteiger partial charge in [-0.2, -0.15) is 19.1 Å². The number of carbonyl (C=O) groups is 2. The van der Waals surface area contributed by atoms with Crippen molar-refractivity contribution in [3.05, 3.63) is 106 Å². The summed E-state index contributed by atoms with van der Waals surface area (Å²) in [6, 6.07) is 17.1. The molecule has 0 aliphatic heterocycles. The lowest BCUT2D eigenvalue weighted by Crippen LogP contribution is -2.12. The van der Waals surface area contributed by atoms with Gasteiger partial charge in [-0.1, -0.05) is 36.4 Å². The highest BCUT2D eigenvalue weighted by Gasteiger charge is 2.36. The molecular weight excluding hydrogens is 563 g/mol. The van der Waals surface area contributed by atoms with Crippen molar-refractivity contribution in [2.24, 2.45) is 5.90 Å². The SMILES string of the molecule is COC(=O)c1c[nH]c2ccccc12.COC(=O)c1cn(N)c2ccccc12.NOc1ccc([N+](=O)[O-])cc1C(F)(F)F. The molecule has 0 fully saturated rings. The molecule has 12 nitrogen and oxygen atoms in total. The summed E-state index contributed by atoms with van der Waals surface area (Å²) in [7, 11) is 2.73. The van der Waals surface area contributed by atoms with E-state index >= 15 is 0 Å². The number of para-hydroxylation sites is 2. The van der Waals surface area contributed by atoms with E-state index in [0.717, 1.165) is 33.9 Å². The summed E-state index contributed by atoms with van der Waals surface area (Å²) < 4.78 is 47.7. The van der Waals surface area contributed by atoms with E-state index in [-0.39, 0.29) is 11.9 Å². The quantitative estimate of drug-likeness (QED) is 0.113. The molecule has 5 aromatic rings. The molecule has 220 valence electrons. The molecule has 0 saturated carbocycles. The number of methoxy groups -OCH3 is 2. The van der Waals surface area contributed by atoms with Crippen molar-refractivity contribution < 1.29 is 42.0 Å². The fraction of sp³-hybridized carbons (Fsp3) is 0.111. The number of aromatic nitrogens is 2. The Morgan fingerprint density at radius 1 is 0.929 bits per heavy atom. The van der Waals surface area contributed by atoms with Crippen LogP contribution in [-0.2, 0) is 15.7 Å². The minimum Gasteiger partial charge on any atom is -0.465 e. The monoisotopic (exact) mass is 587 g/mol. The molecule has 5 rings (SSSR count). The van der Waals surface area contributed by atoms with Crippen LogP contribution in [0.5, 0.6) is 5.75 Å². The Morgan fingerprint density at radius 2 is 1.52 bits per heavy atom. The third-order valence-corrected chi connectivity index (χ3v) is 5.75. The van der Waals surface area contributed by atoms with Crippen molar-refractivity contribution in [3.63, 3.8) is 0 Å². The maximum atomic E-state index is 12.3. The number of nitro benzene ring substituents is 1. The standard InChI is InChI=1S/C10H10N2O2.C10H9NO2.C7H5F3N2O3/c1-14-10(13)8-6-12(11)9-5-3-2-4-7(8)9;1-13-10(12)8-6-11-9-5-3-2-4-7(8)9;8-7(9,10)5-3-4(12(13)14)1-2-6(5)15-11/h2-6H,11H2,1H3;2-6,11H,1H3;1-3H,11H2. The van der Waals surface area contributed by atoms with E-state index < -0.39 is 28.1 Å². The normalized spacial score (nSPS) is 10.6. The Labute approximate surface area is 235 Å². The number of carbonyl (C=O) groups excluding carboxylic acids is 2. The number of nitrogens with zero attached hydrogens (tertiary/aromatic N) is 2. The van der Waals surface area contributed by atoms with Gasteiger partial charge in [0.05, 0.1) is 35.8 Å². The van der Waals surface area contributed by atoms with Crippen molar-refractivity contribution >= 4 is 39.4 Å². The summed E-state index contributed by atoms with van der Waals surface area (Å²) >= 11 is 0. The Kier molecular flexibility index (Phi) is 9.72. The molecule has 0 saturated heterocycles. The van der Waals surface area contributed by atoms with Gasteiger partial charge >= 0.3 is 18.1 Å². The van der Waals surface area contributed by atoms with Crippen molar-refractivity contribution in [2.75, 3.05) is 20.1 Å². The molecule has 2 heterocycles. The first-order chi connectivity index (χ1) is 19.9. The van der Waals surface area contributed by atoms with Crippen LogP contribution in [0.3, 0.4) is 0 Å². The maximum Gasteiger partial charge on any atom is 0.420 e. The zero-order valence-corrected chi connectivity index (χ0v) is 22.0. The number of alkyl halides is 3. The first kappa shape index (κ1) is 31.0. The fourth-order valence-corrected chi connectivity index (χ4v) is 3.78. The maximum absolute atomic E-state index is 12.3. The lowest BCUT2D eigenvalue weighted by Gasteiger charge is -2.10. The lowest BCUT2D eigenvalue weighted by atomic mass is 10.1. The molecule has 0 aliphatic rings. The van der Waals surface area contributed by atoms with Gasteiger partial charge in [-0.05, 0) is 18.2 Å². The number of esters is 2. The van der Waals surface area contributed by atoms with Gasteiger partial charge in [0.1, 0.15) is 5.56 Å². The van der Waals surface area contributed by atoms with Crippen LogP contribution in [0, 0.1) is 10.1 Å². The van der Waals surface area contributed by atoms with Gasteiger partial charge in [0.2, 0.25) is 0 Å². The number of halogens is 3. The van der Waals surface area contributed by atoms with Gasteiger partial charge < -0.3 is 25.1 Å². The number of H-pyrrole nitrogens is 1. The number of nitro groups is 1. The number of fused-ring (bicyclic) bond motifs is 2. The third-order valence-electron chi connectivity index (χ3n) is 5.75. The number of aromatic amines is 1. The van der Waals surface area contributed by atoms with Crippen LogP contribution in [0.2, 0.25) is 0 Å². The average Bonchev–Trinajstić information content (AvgIpc) is 3.57. The highest BCUT2D eigenvalue weighted by molar-refractivity contribution is 6.04. The number of ether oxygens (including phenoxy) is 2. The molecule has 0 bridgehead atoms. The zero-order chi connectivity index (χ0) is 31.0. The average molecular weight is 588 g/mol. The first-order valence-corrected chi connectivity index (χ1v) is 11.7. The van der Waals surface area contributed by atoms with E-state index in [1.54, 1.807) is 12.4 Å². The third kappa shape index (κ3) is 6.95. The van der Waals surface area contributed by atoms with Gasteiger partial charge in [0, 0.05) is 40.8 Å². The van der Waals surface area contributed by atoms with Crippen molar-refractivity contribution in [3.8, 4) is 5.75 Å². The second-order valence-corrected chi connectivity index (χ2v) is 8.25. The molecule has 0 unspecified atom stereocenters. The van der Waals surface area contributed by atoms with E-state index in [4.69, 9.17) is 5.84 Å². The predicted molar refractivity (Wildman–Crippen MR) is 146 cm³/mol. The Hall–Kier alpha value is -5.57. The molecule has 5 N–H and O–H groups in total. The molecule has 0 aliphatic carbocycles. The number of rotatable bonds is 4. The number of nitrogen functional groups attached to an aromatic ring is 1. The summed E-state index contributed by atoms with van der Waals surface area (Å²) in [4.78, 5) is 38.9. The number of benzene rings is 3. The van der Waals surface area contributed by atoms with Crippen molar-refractivity contribution in [1.82, 2.24) is 9.66 Å². The second-order valence-electron chi connectivity index (χ2n) is 8.25. The van der Waals surface area contributed by atoms with Crippen molar-refractivity contribution in [2.45, 2.75) is 6.18 Å². The lowest BCUT2D eigenvalue weighted by molar-refractivity contribution is -0.385. The Balaban J connectivity index is 0.000000173. The van der Waals surface area contributed by atoms with Gasteiger partial charge in [-0.3, -0.25) is 14.8 Å². The number of nitrogens with two attached hydrogens (primary N) is 2. The molecule has 0 atom stereocenters. The predicted octanol–water partition coefficient (Wildman–Crippen LogP) is 4.96. The minimum absolute atomic E-state index is 0.308. The number of non-ortho nitro benzene ring substituents is 1. The Morgan fingerprint density at radius 3 is 2.12 bits per heavy atom. The number of hydrogen-bond acceptors (Lipinski definition) is 9. The number of nitrogens with one attached hydrogen (secondary N) is 1. The van der Waals surface area contributed by atoms with E-state index in [1.165, 1.54) is 18.9 Å². The molecular formula is C27H24F3N5O7. The highest BCUT2D eigenvalue weighted by atomic mass is 19.4.